The molecule has 1 unspecified atom stereocenters. The predicted molar refractivity (Wildman–Crippen MR) is 270 cm³/mol. The average Bonchev–Trinajstić information content (AvgIpc) is 3.28. The van der Waals surface area contributed by atoms with Gasteiger partial charge in [0.1, 0.15) is 13.2 Å². The van der Waals surface area contributed by atoms with Gasteiger partial charge in [-0.3, -0.25) is 14.4 Å². The molecule has 0 amide bonds. The summed E-state index contributed by atoms with van der Waals surface area (Å²) in [6, 6.07) is 0. The van der Waals surface area contributed by atoms with Crippen molar-refractivity contribution >= 4 is 17.9 Å². The summed E-state index contributed by atoms with van der Waals surface area (Å²) in [6.45, 7) is 6.45. The van der Waals surface area contributed by atoms with Crippen LogP contribution in [0.3, 0.4) is 0 Å². The molecule has 0 aromatic rings. The van der Waals surface area contributed by atoms with E-state index in [1.165, 1.54) is 135 Å². The molecule has 0 heterocycles. The summed E-state index contributed by atoms with van der Waals surface area (Å²) in [5.74, 6) is -0.903. The van der Waals surface area contributed by atoms with Crippen molar-refractivity contribution in [3.05, 3.63) is 48.6 Å². The van der Waals surface area contributed by atoms with E-state index in [9.17, 15) is 14.4 Å². The second-order valence-corrected chi connectivity index (χ2v) is 18.1. The third kappa shape index (κ3) is 50.2. The van der Waals surface area contributed by atoms with Crippen LogP contribution in [0.15, 0.2) is 48.6 Å². The van der Waals surface area contributed by atoms with Gasteiger partial charge in [0.25, 0.3) is 0 Å². The van der Waals surface area contributed by atoms with Crippen LogP contribution in [0.1, 0.15) is 278 Å². The van der Waals surface area contributed by atoms with E-state index in [0.717, 1.165) is 103 Å². The minimum Gasteiger partial charge on any atom is -0.462 e. The van der Waals surface area contributed by atoms with E-state index in [-0.39, 0.29) is 31.1 Å². The fraction of sp³-hybridized carbons (Fsp3) is 0.807. The van der Waals surface area contributed by atoms with Crippen LogP contribution < -0.4 is 0 Å². The van der Waals surface area contributed by atoms with E-state index in [2.05, 4.69) is 69.4 Å². The normalized spacial score (nSPS) is 12.4. The van der Waals surface area contributed by atoms with Gasteiger partial charge in [-0.2, -0.15) is 0 Å². The lowest BCUT2D eigenvalue weighted by Crippen LogP contribution is -2.30. The molecule has 63 heavy (non-hydrogen) atoms. The van der Waals surface area contributed by atoms with Gasteiger partial charge in [-0.05, 0) is 77.0 Å². The van der Waals surface area contributed by atoms with E-state index < -0.39 is 6.10 Å². The first-order chi connectivity index (χ1) is 31.0. The van der Waals surface area contributed by atoms with Crippen LogP contribution in [0, 0.1) is 0 Å². The average molecular weight is 883 g/mol. The predicted octanol–water partition coefficient (Wildman–Crippen LogP) is 17.9. The number of esters is 3. The van der Waals surface area contributed by atoms with Gasteiger partial charge in [0.15, 0.2) is 6.10 Å². The first kappa shape index (κ1) is 60.4. The van der Waals surface area contributed by atoms with Gasteiger partial charge in [0.05, 0.1) is 0 Å². The highest BCUT2D eigenvalue weighted by atomic mass is 16.6. The number of ether oxygens (including phenoxy) is 3. The number of carbonyl (C=O) groups excluding carboxylic acids is 3. The van der Waals surface area contributed by atoms with Crippen molar-refractivity contribution in [2.75, 3.05) is 13.2 Å². The van der Waals surface area contributed by atoms with E-state index in [1.54, 1.807) is 0 Å². The molecular weight excluding hydrogens is 781 g/mol. The molecule has 0 aliphatic heterocycles. The minimum absolute atomic E-state index is 0.0790. The highest BCUT2D eigenvalue weighted by Crippen LogP contribution is 2.16. The summed E-state index contributed by atoms with van der Waals surface area (Å²) in [6.07, 6.45) is 62.9. The third-order valence-electron chi connectivity index (χ3n) is 11.8. The number of rotatable bonds is 49. The molecule has 0 fully saturated rings. The number of carbonyl (C=O) groups is 3. The second kappa shape index (κ2) is 52.0. The van der Waals surface area contributed by atoms with Gasteiger partial charge in [0, 0.05) is 19.3 Å². The molecule has 0 saturated carbocycles. The summed E-state index contributed by atoms with van der Waals surface area (Å²) in [5.41, 5.74) is 0. The van der Waals surface area contributed by atoms with Crippen molar-refractivity contribution in [3.63, 3.8) is 0 Å². The fourth-order valence-corrected chi connectivity index (χ4v) is 7.75. The van der Waals surface area contributed by atoms with Gasteiger partial charge in [-0.1, -0.05) is 230 Å². The Hall–Kier alpha value is -2.63. The Balaban J connectivity index is 4.06. The minimum atomic E-state index is -0.776. The van der Waals surface area contributed by atoms with Gasteiger partial charge >= 0.3 is 17.9 Å². The molecule has 1 atom stereocenters. The van der Waals surface area contributed by atoms with Crippen molar-refractivity contribution in [2.24, 2.45) is 0 Å². The van der Waals surface area contributed by atoms with E-state index in [1.807, 2.05) is 0 Å². The topological polar surface area (TPSA) is 78.9 Å². The molecule has 0 N–H and O–H groups in total. The van der Waals surface area contributed by atoms with Gasteiger partial charge in [0.2, 0.25) is 0 Å². The molecular formula is C57H102O6. The highest BCUT2D eigenvalue weighted by molar-refractivity contribution is 5.71. The summed E-state index contributed by atoms with van der Waals surface area (Å²) in [4.78, 5) is 37.7. The molecule has 366 valence electrons. The molecule has 0 aromatic carbocycles. The third-order valence-corrected chi connectivity index (χ3v) is 11.8. The fourth-order valence-electron chi connectivity index (χ4n) is 7.75. The Morgan fingerprint density at radius 3 is 0.984 bits per heavy atom. The maximum atomic E-state index is 12.7. The van der Waals surface area contributed by atoms with Crippen molar-refractivity contribution in [3.8, 4) is 0 Å². The van der Waals surface area contributed by atoms with Crippen LogP contribution in [0.4, 0.5) is 0 Å². The van der Waals surface area contributed by atoms with Crippen LogP contribution in [0.2, 0.25) is 0 Å². The van der Waals surface area contributed by atoms with E-state index in [0.29, 0.717) is 19.3 Å². The van der Waals surface area contributed by atoms with Crippen molar-refractivity contribution in [1.82, 2.24) is 0 Å². The van der Waals surface area contributed by atoms with Crippen molar-refractivity contribution < 1.29 is 28.6 Å². The van der Waals surface area contributed by atoms with Crippen molar-refractivity contribution in [1.29, 1.82) is 0 Å². The van der Waals surface area contributed by atoms with Crippen molar-refractivity contribution in [2.45, 2.75) is 284 Å². The Kier molecular flexibility index (Phi) is 49.8. The van der Waals surface area contributed by atoms with Gasteiger partial charge < -0.3 is 14.2 Å². The van der Waals surface area contributed by atoms with Crippen LogP contribution in [-0.2, 0) is 28.6 Å². The molecule has 0 radical (unpaired) electrons. The monoisotopic (exact) mass is 883 g/mol. The number of hydrogen-bond acceptors (Lipinski definition) is 6. The summed E-state index contributed by atoms with van der Waals surface area (Å²) in [7, 11) is 0. The molecule has 6 nitrogen and oxygen atoms in total. The molecule has 0 spiro atoms. The lowest BCUT2D eigenvalue weighted by Gasteiger charge is -2.18. The molecule has 0 bridgehead atoms. The summed E-state index contributed by atoms with van der Waals surface area (Å²) >= 11 is 0. The maximum Gasteiger partial charge on any atom is 0.306 e. The van der Waals surface area contributed by atoms with Gasteiger partial charge in [-0.25, -0.2) is 0 Å². The van der Waals surface area contributed by atoms with Crippen LogP contribution in [0.25, 0.3) is 0 Å². The van der Waals surface area contributed by atoms with Crippen LogP contribution in [0.5, 0.6) is 0 Å². The first-order valence-corrected chi connectivity index (χ1v) is 27.1. The van der Waals surface area contributed by atoms with Crippen LogP contribution in [-0.4, -0.2) is 37.2 Å². The van der Waals surface area contributed by atoms with E-state index in [4.69, 9.17) is 14.2 Å². The largest absolute Gasteiger partial charge is 0.462 e. The molecule has 0 saturated heterocycles. The molecule has 0 aliphatic rings. The summed E-state index contributed by atoms with van der Waals surface area (Å²) < 4.78 is 16.7. The lowest BCUT2D eigenvalue weighted by molar-refractivity contribution is -0.167. The lowest BCUT2D eigenvalue weighted by atomic mass is 10.0. The quantitative estimate of drug-likeness (QED) is 0.0262. The van der Waals surface area contributed by atoms with E-state index >= 15 is 0 Å². The highest BCUT2D eigenvalue weighted by Gasteiger charge is 2.19. The number of unbranched alkanes of at least 4 members (excludes halogenated alkanes) is 30. The first-order valence-electron chi connectivity index (χ1n) is 27.1. The van der Waals surface area contributed by atoms with Crippen LogP contribution >= 0.6 is 0 Å². The number of hydrogen-bond donors (Lipinski definition) is 0. The molecule has 0 aliphatic carbocycles. The zero-order valence-electron chi connectivity index (χ0n) is 41.8. The molecule has 0 rings (SSSR count). The number of allylic oxidation sites excluding steroid dienone is 8. The Bertz CT molecular complexity index is 1110. The molecule has 6 heteroatoms. The smallest absolute Gasteiger partial charge is 0.306 e. The second-order valence-electron chi connectivity index (χ2n) is 18.1. The maximum absolute atomic E-state index is 12.7. The Morgan fingerprint density at radius 1 is 0.333 bits per heavy atom. The zero-order chi connectivity index (χ0) is 45.8. The van der Waals surface area contributed by atoms with Gasteiger partial charge in [-0.15, -0.1) is 0 Å². The Morgan fingerprint density at radius 2 is 0.619 bits per heavy atom. The SMILES string of the molecule is CC/C=C\C/C=C\C/C=C\CCCCCCCC(=O)OC(COC(=O)CCCCCCC)COC(=O)CCCCCCCCCCCCCCC/C=C\CCCCCCCCCC. The summed E-state index contributed by atoms with van der Waals surface area (Å²) in [5, 5.41) is 0. The Labute approximate surface area is 390 Å². The zero-order valence-corrected chi connectivity index (χ0v) is 41.8. The molecule has 0 aromatic heterocycles. The standard InChI is InChI=1S/C57H102O6/c1-4-7-10-13-15-17-19-21-23-24-25-26-27-28-29-30-31-32-34-35-37-39-41-44-47-50-56(59)62-53-54(52-61-55(58)49-46-43-12-9-6-3)63-57(60)51-48-45-42-40-38-36-33-22-20-18-16-14-11-8-5-2/h8,11,16,18,22,24-25,33,54H,4-7,9-10,12-15,17,19-21,23,26-32,34-53H2,1-3H3/b11-8-,18-16-,25-24-,33-22-.